The molecule has 0 unspecified atom stereocenters. The first-order valence-electron chi connectivity index (χ1n) is 7.27. The second-order valence-corrected chi connectivity index (χ2v) is 7.15. The topological polar surface area (TPSA) is 70.8 Å². The summed E-state index contributed by atoms with van der Waals surface area (Å²) in [6.45, 7) is 1.16. The van der Waals surface area contributed by atoms with Gasteiger partial charge in [-0.3, -0.25) is 4.31 Å². The van der Waals surface area contributed by atoms with Crippen molar-refractivity contribution in [2.45, 2.75) is 6.54 Å². The van der Waals surface area contributed by atoms with Crippen LogP contribution in [0.4, 0.5) is 5.69 Å². The molecule has 3 aromatic rings. The van der Waals surface area contributed by atoms with Gasteiger partial charge in [0.25, 0.3) is 0 Å². The maximum Gasteiger partial charge on any atom is 0.304 e. The predicted octanol–water partition coefficient (Wildman–Crippen LogP) is 1.30. The molecule has 3 heterocycles. The molecular formula is C15H15N5O2S. The van der Waals surface area contributed by atoms with Gasteiger partial charge in [-0.1, -0.05) is 24.3 Å². The number of rotatable bonds is 3. The lowest BCUT2D eigenvalue weighted by Gasteiger charge is -2.20. The molecule has 23 heavy (non-hydrogen) atoms. The van der Waals surface area contributed by atoms with Gasteiger partial charge in [0.1, 0.15) is 6.33 Å². The lowest BCUT2D eigenvalue weighted by Crippen LogP contribution is -2.33. The van der Waals surface area contributed by atoms with E-state index in [1.165, 1.54) is 14.9 Å². The highest BCUT2D eigenvalue weighted by Crippen LogP contribution is 2.26. The summed E-state index contributed by atoms with van der Waals surface area (Å²) in [5.74, 6) is 0. The van der Waals surface area contributed by atoms with Gasteiger partial charge in [0.15, 0.2) is 5.65 Å². The summed E-state index contributed by atoms with van der Waals surface area (Å²) < 4.78 is 30.1. The van der Waals surface area contributed by atoms with E-state index in [9.17, 15) is 8.42 Å². The van der Waals surface area contributed by atoms with Crippen molar-refractivity contribution < 1.29 is 8.42 Å². The van der Waals surface area contributed by atoms with E-state index >= 15 is 0 Å². The van der Waals surface area contributed by atoms with Crippen LogP contribution < -0.4 is 4.31 Å². The van der Waals surface area contributed by atoms with Crippen molar-refractivity contribution >= 4 is 21.5 Å². The number of pyridine rings is 1. The summed E-state index contributed by atoms with van der Waals surface area (Å²) in [5, 5.41) is 4.16. The summed E-state index contributed by atoms with van der Waals surface area (Å²) in [5.41, 5.74) is 2.19. The molecule has 1 aliphatic heterocycles. The predicted molar refractivity (Wildman–Crippen MR) is 86.1 cm³/mol. The summed E-state index contributed by atoms with van der Waals surface area (Å²) >= 11 is 0. The summed E-state index contributed by atoms with van der Waals surface area (Å²) in [6.07, 6.45) is 1.47. The van der Waals surface area contributed by atoms with Crippen LogP contribution in [0.25, 0.3) is 5.65 Å². The Kier molecular flexibility index (Phi) is 3.28. The summed E-state index contributed by atoms with van der Waals surface area (Å²) in [4.78, 5) is 4.13. The van der Waals surface area contributed by atoms with Gasteiger partial charge in [-0.15, -0.1) is 0 Å². The quantitative estimate of drug-likeness (QED) is 0.726. The van der Waals surface area contributed by atoms with Crippen LogP contribution in [0.5, 0.6) is 0 Å². The van der Waals surface area contributed by atoms with Crippen molar-refractivity contribution in [3.05, 3.63) is 60.6 Å². The van der Waals surface area contributed by atoms with Crippen LogP contribution in [0.1, 0.15) is 5.69 Å². The highest BCUT2D eigenvalue weighted by atomic mass is 32.2. The molecular weight excluding hydrogens is 314 g/mol. The van der Waals surface area contributed by atoms with Crippen molar-refractivity contribution in [1.29, 1.82) is 0 Å². The molecule has 1 aliphatic rings. The molecule has 0 atom stereocenters. The van der Waals surface area contributed by atoms with Crippen LogP contribution >= 0.6 is 0 Å². The zero-order chi connectivity index (χ0) is 15.9. The number of benzene rings is 1. The molecule has 118 valence electrons. The number of aromatic nitrogens is 3. The van der Waals surface area contributed by atoms with E-state index in [1.54, 1.807) is 16.6 Å². The van der Waals surface area contributed by atoms with E-state index in [4.69, 9.17) is 0 Å². The van der Waals surface area contributed by atoms with E-state index in [-0.39, 0.29) is 6.54 Å². The Morgan fingerprint density at radius 1 is 1.00 bits per heavy atom. The average Bonchev–Trinajstić information content (AvgIpc) is 3.14. The van der Waals surface area contributed by atoms with Crippen molar-refractivity contribution in [3.63, 3.8) is 0 Å². The molecule has 0 bridgehead atoms. The minimum Gasteiger partial charge on any atom is -0.256 e. The fraction of sp³-hybridized carbons (Fsp3) is 0.200. The van der Waals surface area contributed by atoms with Gasteiger partial charge in [0.05, 0.1) is 17.9 Å². The minimum atomic E-state index is -3.53. The number of para-hydroxylation sites is 1. The van der Waals surface area contributed by atoms with Gasteiger partial charge in [-0.25, -0.2) is 9.50 Å². The molecule has 7 nitrogen and oxygen atoms in total. The standard InChI is InChI=1S/C15H15N5O2S/c21-23(22)18(9-10-19(23)13-5-2-1-3-6-13)11-14-7-4-8-15-16-12-17-20(14)15/h1-8,12H,9-11H2. The first-order chi connectivity index (χ1) is 11.2. The lowest BCUT2D eigenvalue weighted by molar-refractivity contribution is 0.437. The summed E-state index contributed by atoms with van der Waals surface area (Å²) in [6, 6.07) is 14.7. The van der Waals surface area contributed by atoms with Crippen LogP contribution in [0, 0.1) is 0 Å². The number of nitrogens with zero attached hydrogens (tertiary/aromatic N) is 5. The van der Waals surface area contributed by atoms with Gasteiger partial charge in [0, 0.05) is 13.1 Å². The Morgan fingerprint density at radius 3 is 2.65 bits per heavy atom. The fourth-order valence-electron chi connectivity index (χ4n) is 2.79. The number of anilines is 1. The van der Waals surface area contributed by atoms with Crippen molar-refractivity contribution in [2.75, 3.05) is 17.4 Å². The monoisotopic (exact) mass is 329 g/mol. The van der Waals surface area contributed by atoms with Gasteiger partial charge in [-0.05, 0) is 24.3 Å². The number of hydrogen-bond acceptors (Lipinski definition) is 4. The first kappa shape index (κ1) is 14.2. The molecule has 1 fully saturated rings. The molecule has 0 N–H and O–H groups in total. The second-order valence-electron chi connectivity index (χ2n) is 5.30. The molecule has 2 aromatic heterocycles. The zero-order valence-electron chi connectivity index (χ0n) is 12.3. The highest BCUT2D eigenvalue weighted by Gasteiger charge is 2.36. The Morgan fingerprint density at radius 2 is 1.83 bits per heavy atom. The highest BCUT2D eigenvalue weighted by molar-refractivity contribution is 7.90. The molecule has 1 aromatic carbocycles. The van der Waals surface area contributed by atoms with E-state index < -0.39 is 10.2 Å². The Bertz CT molecular complexity index is 939. The van der Waals surface area contributed by atoms with Crippen LogP contribution in [0.3, 0.4) is 0 Å². The van der Waals surface area contributed by atoms with Crippen molar-refractivity contribution in [2.24, 2.45) is 0 Å². The molecule has 4 rings (SSSR count). The Hall–Kier alpha value is -2.45. The van der Waals surface area contributed by atoms with Gasteiger partial charge in [0.2, 0.25) is 0 Å². The largest absolute Gasteiger partial charge is 0.304 e. The third kappa shape index (κ3) is 2.36. The second kappa shape index (κ2) is 5.32. The SMILES string of the molecule is O=S1(=O)N(Cc2cccc3ncnn23)CCN1c1ccccc1. The Balaban J connectivity index is 1.65. The molecule has 1 saturated heterocycles. The minimum absolute atomic E-state index is 0.270. The van der Waals surface area contributed by atoms with Crippen LogP contribution in [0.2, 0.25) is 0 Å². The number of fused-ring (bicyclic) bond motifs is 1. The van der Waals surface area contributed by atoms with E-state index in [0.29, 0.717) is 24.4 Å². The van der Waals surface area contributed by atoms with Crippen LogP contribution in [0.15, 0.2) is 54.9 Å². The molecule has 0 radical (unpaired) electrons. The van der Waals surface area contributed by atoms with Gasteiger partial charge < -0.3 is 0 Å². The van der Waals surface area contributed by atoms with E-state index in [1.807, 2.05) is 36.4 Å². The maximum atomic E-state index is 12.8. The average molecular weight is 329 g/mol. The molecule has 0 aliphatic carbocycles. The van der Waals surface area contributed by atoms with Crippen molar-refractivity contribution in [1.82, 2.24) is 18.9 Å². The van der Waals surface area contributed by atoms with Gasteiger partial charge in [-0.2, -0.15) is 17.8 Å². The zero-order valence-corrected chi connectivity index (χ0v) is 13.1. The Labute approximate surface area is 134 Å². The molecule has 0 saturated carbocycles. The van der Waals surface area contributed by atoms with E-state index in [0.717, 1.165) is 5.69 Å². The normalized spacial score (nSPS) is 17.8. The summed E-state index contributed by atoms with van der Waals surface area (Å²) in [7, 11) is -3.53. The fourth-order valence-corrected chi connectivity index (χ4v) is 4.38. The number of hydrogen-bond donors (Lipinski definition) is 0. The molecule has 0 amide bonds. The molecule has 8 heteroatoms. The first-order valence-corrected chi connectivity index (χ1v) is 8.66. The maximum absolute atomic E-state index is 12.8. The smallest absolute Gasteiger partial charge is 0.256 e. The molecule has 0 spiro atoms. The van der Waals surface area contributed by atoms with Crippen LogP contribution in [-0.4, -0.2) is 40.4 Å². The third-order valence-corrected chi connectivity index (χ3v) is 5.83. The van der Waals surface area contributed by atoms with Crippen LogP contribution in [-0.2, 0) is 16.8 Å². The van der Waals surface area contributed by atoms with Gasteiger partial charge >= 0.3 is 10.2 Å². The lowest BCUT2D eigenvalue weighted by atomic mass is 10.3. The third-order valence-electron chi connectivity index (χ3n) is 3.92. The van der Waals surface area contributed by atoms with E-state index in [2.05, 4.69) is 10.1 Å². The van der Waals surface area contributed by atoms with Crippen molar-refractivity contribution in [3.8, 4) is 0 Å².